The van der Waals surface area contributed by atoms with Crippen molar-refractivity contribution in [3.8, 4) is 0 Å². The van der Waals surface area contributed by atoms with E-state index in [1.165, 1.54) is 31.3 Å². The summed E-state index contributed by atoms with van der Waals surface area (Å²) in [5.74, 6) is 2.47. The average molecular weight is 387 g/mol. The Kier molecular flexibility index (Phi) is 5.48. The van der Waals surface area contributed by atoms with Crippen molar-refractivity contribution >= 4 is 11.8 Å². The van der Waals surface area contributed by atoms with Crippen LogP contribution in [-0.2, 0) is 14.3 Å². The zero-order chi connectivity index (χ0) is 19.9. The number of carbonyl (C=O) groups excluding carboxylic acids is 2. The maximum atomic E-state index is 12.4. The van der Waals surface area contributed by atoms with Crippen LogP contribution in [0.1, 0.15) is 97.8 Å². The monoisotopic (exact) mass is 386 g/mol. The molecular formula is C25H38O3. The number of hydrogen-bond acceptors (Lipinski definition) is 3. The molecule has 3 heteroatoms. The second-order valence-corrected chi connectivity index (χ2v) is 10.5. The number of allylic oxidation sites excluding steroid dienone is 1. The van der Waals surface area contributed by atoms with Crippen molar-refractivity contribution < 1.29 is 14.3 Å². The topological polar surface area (TPSA) is 43.4 Å². The van der Waals surface area contributed by atoms with E-state index in [-0.39, 0.29) is 22.9 Å². The van der Waals surface area contributed by atoms with Gasteiger partial charge in [-0.1, -0.05) is 39.2 Å². The number of ketones is 1. The molecule has 28 heavy (non-hydrogen) atoms. The van der Waals surface area contributed by atoms with Crippen molar-refractivity contribution in [1.82, 2.24) is 0 Å². The van der Waals surface area contributed by atoms with Crippen LogP contribution in [0.2, 0.25) is 0 Å². The molecule has 156 valence electrons. The first-order valence-corrected chi connectivity index (χ1v) is 11.8. The SMILES string of the molecule is CCCCCC(=O)O[C@H]1CC[C@@H]2[C@H]3CCC4=CC(=O)CC[C@]4(C)[C@@H]3CC[C@]12C. The highest BCUT2D eigenvalue weighted by Crippen LogP contribution is 2.65. The molecule has 3 nitrogen and oxygen atoms in total. The summed E-state index contributed by atoms with van der Waals surface area (Å²) in [4.78, 5) is 24.4. The van der Waals surface area contributed by atoms with Gasteiger partial charge in [0, 0.05) is 18.3 Å². The minimum atomic E-state index is 0.0223. The average Bonchev–Trinajstić information content (AvgIpc) is 2.99. The van der Waals surface area contributed by atoms with Crippen molar-refractivity contribution in [3.63, 3.8) is 0 Å². The lowest BCUT2D eigenvalue weighted by Gasteiger charge is -2.57. The lowest BCUT2D eigenvalue weighted by Crippen LogP contribution is -2.51. The minimum absolute atomic E-state index is 0.0223. The Bertz CT molecular complexity index is 665. The molecule has 4 aliphatic carbocycles. The van der Waals surface area contributed by atoms with Crippen molar-refractivity contribution in [2.75, 3.05) is 0 Å². The van der Waals surface area contributed by atoms with E-state index in [0.717, 1.165) is 50.9 Å². The fraction of sp³-hybridized carbons (Fsp3) is 0.840. The number of rotatable bonds is 5. The first-order chi connectivity index (χ1) is 13.4. The van der Waals surface area contributed by atoms with Crippen LogP contribution >= 0.6 is 0 Å². The van der Waals surface area contributed by atoms with Gasteiger partial charge in [-0.25, -0.2) is 0 Å². The van der Waals surface area contributed by atoms with Crippen LogP contribution < -0.4 is 0 Å². The fourth-order valence-electron chi connectivity index (χ4n) is 7.44. The van der Waals surface area contributed by atoms with E-state index >= 15 is 0 Å². The third-order valence-electron chi connectivity index (χ3n) is 9.13. The van der Waals surface area contributed by atoms with E-state index in [1.807, 2.05) is 6.08 Å². The standard InChI is InChI=1S/C25H38O3/c1-4-5-6-7-23(27)28-22-11-10-20-19-9-8-17-16-18(26)12-14-24(17,2)21(19)13-15-25(20,22)3/h16,19-22H,4-15H2,1-3H3/t19-,20-,21-,22+,24+,25+/m1/s1. The summed E-state index contributed by atoms with van der Waals surface area (Å²) in [6.07, 6.45) is 14.6. The van der Waals surface area contributed by atoms with E-state index in [4.69, 9.17) is 4.74 Å². The van der Waals surface area contributed by atoms with Crippen LogP contribution in [-0.4, -0.2) is 17.9 Å². The highest BCUT2D eigenvalue weighted by atomic mass is 16.5. The van der Waals surface area contributed by atoms with E-state index in [2.05, 4.69) is 20.8 Å². The summed E-state index contributed by atoms with van der Waals surface area (Å²) in [6.45, 7) is 7.01. The maximum absolute atomic E-state index is 12.4. The lowest BCUT2D eigenvalue weighted by molar-refractivity contribution is -0.160. The van der Waals surface area contributed by atoms with Gasteiger partial charge in [0.05, 0.1) is 0 Å². The van der Waals surface area contributed by atoms with Gasteiger partial charge in [-0.3, -0.25) is 9.59 Å². The summed E-state index contributed by atoms with van der Waals surface area (Å²) < 4.78 is 6.06. The highest BCUT2D eigenvalue weighted by Gasteiger charge is 2.59. The van der Waals surface area contributed by atoms with E-state index < -0.39 is 0 Å². The van der Waals surface area contributed by atoms with Crippen molar-refractivity contribution in [1.29, 1.82) is 0 Å². The molecule has 0 heterocycles. The number of esters is 1. The van der Waals surface area contributed by atoms with Crippen LogP contribution in [0.25, 0.3) is 0 Å². The molecule has 3 saturated carbocycles. The Morgan fingerprint density at radius 3 is 2.68 bits per heavy atom. The molecule has 0 aliphatic heterocycles. The Morgan fingerprint density at radius 2 is 1.89 bits per heavy atom. The molecule has 3 fully saturated rings. The first kappa shape index (κ1) is 20.2. The van der Waals surface area contributed by atoms with Gasteiger partial charge in [-0.15, -0.1) is 0 Å². The van der Waals surface area contributed by atoms with E-state index in [1.54, 1.807) is 0 Å². The molecule has 0 unspecified atom stereocenters. The molecule has 0 aromatic carbocycles. The number of hydrogen-bond donors (Lipinski definition) is 0. The second kappa shape index (κ2) is 7.61. The van der Waals surface area contributed by atoms with Gasteiger partial charge in [0.2, 0.25) is 0 Å². The van der Waals surface area contributed by atoms with Gasteiger partial charge in [0.25, 0.3) is 0 Å². The number of unbranched alkanes of at least 4 members (excludes halogenated alkanes) is 2. The van der Waals surface area contributed by atoms with Gasteiger partial charge in [0.15, 0.2) is 5.78 Å². The van der Waals surface area contributed by atoms with Crippen LogP contribution in [0.5, 0.6) is 0 Å². The summed E-state index contributed by atoms with van der Waals surface area (Å²) in [7, 11) is 0. The third-order valence-corrected chi connectivity index (χ3v) is 9.13. The first-order valence-electron chi connectivity index (χ1n) is 11.8. The Labute approximate surface area is 170 Å². The molecular weight excluding hydrogens is 348 g/mol. The Balaban J connectivity index is 1.47. The number of ether oxygens (including phenoxy) is 1. The van der Waals surface area contributed by atoms with Crippen molar-refractivity contribution in [2.45, 2.75) is 104 Å². The summed E-state index contributed by atoms with van der Waals surface area (Å²) in [5, 5.41) is 0. The van der Waals surface area contributed by atoms with Crippen LogP contribution in [0, 0.1) is 28.6 Å². The van der Waals surface area contributed by atoms with Gasteiger partial charge in [-0.2, -0.15) is 0 Å². The van der Waals surface area contributed by atoms with Crippen LogP contribution in [0.3, 0.4) is 0 Å². The molecule has 0 saturated heterocycles. The number of fused-ring (bicyclic) bond motifs is 5. The van der Waals surface area contributed by atoms with Gasteiger partial charge >= 0.3 is 5.97 Å². The molecule has 4 rings (SSSR count). The molecule has 0 amide bonds. The molecule has 0 N–H and O–H groups in total. The largest absolute Gasteiger partial charge is 0.462 e. The zero-order valence-corrected chi connectivity index (χ0v) is 18.1. The van der Waals surface area contributed by atoms with E-state index in [9.17, 15) is 9.59 Å². The molecule has 0 bridgehead atoms. The van der Waals surface area contributed by atoms with Gasteiger partial charge < -0.3 is 4.74 Å². The molecule has 0 aromatic rings. The normalized spacial score (nSPS) is 42.2. The second-order valence-electron chi connectivity index (χ2n) is 10.5. The highest BCUT2D eigenvalue weighted by molar-refractivity contribution is 5.91. The molecule has 0 radical (unpaired) electrons. The quantitative estimate of drug-likeness (QED) is 0.429. The summed E-state index contributed by atoms with van der Waals surface area (Å²) in [5.41, 5.74) is 1.82. The predicted molar refractivity (Wildman–Crippen MR) is 111 cm³/mol. The van der Waals surface area contributed by atoms with Crippen molar-refractivity contribution in [3.05, 3.63) is 11.6 Å². The number of carbonyl (C=O) groups is 2. The minimum Gasteiger partial charge on any atom is -0.462 e. The maximum Gasteiger partial charge on any atom is 0.306 e. The fourth-order valence-corrected chi connectivity index (χ4v) is 7.44. The molecule has 6 atom stereocenters. The Morgan fingerprint density at radius 1 is 1.07 bits per heavy atom. The van der Waals surface area contributed by atoms with Gasteiger partial charge in [0.1, 0.15) is 6.10 Å². The summed E-state index contributed by atoms with van der Waals surface area (Å²) in [6, 6.07) is 0. The molecule has 0 spiro atoms. The van der Waals surface area contributed by atoms with Gasteiger partial charge in [-0.05, 0) is 80.6 Å². The zero-order valence-electron chi connectivity index (χ0n) is 18.1. The van der Waals surface area contributed by atoms with E-state index in [0.29, 0.717) is 24.0 Å². The third kappa shape index (κ3) is 3.27. The predicted octanol–water partition coefficient (Wildman–Crippen LogP) is 6.01. The van der Waals surface area contributed by atoms with Crippen LogP contribution in [0.4, 0.5) is 0 Å². The molecule has 4 aliphatic rings. The lowest BCUT2D eigenvalue weighted by atomic mass is 9.47. The van der Waals surface area contributed by atoms with Crippen molar-refractivity contribution in [2.24, 2.45) is 28.6 Å². The Hall–Kier alpha value is -1.12. The summed E-state index contributed by atoms with van der Waals surface area (Å²) >= 11 is 0. The molecule has 0 aromatic heterocycles. The smallest absolute Gasteiger partial charge is 0.306 e. The van der Waals surface area contributed by atoms with Crippen LogP contribution in [0.15, 0.2) is 11.6 Å².